The molecule has 9 heteroatoms. The second-order valence-corrected chi connectivity index (χ2v) is 8.39. The lowest BCUT2D eigenvalue weighted by Crippen LogP contribution is -2.48. The molecular weight excluding hydrogens is 392 g/mol. The summed E-state index contributed by atoms with van der Waals surface area (Å²) < 4.78 is 36.9. The largest absolute Gasteiger partial charge is 0.460 e. The van der Waals surface area contributed by atoms with Crippen molar-refractivity contribution in [2.75, 3.05) is 32.8 Å². The lowest BCUT2D eigenvalue weighted by atomic mass is 10.2. The first-order valence-electron chi connectivity index (χ1n) is 8.64. The first-order valence-corrected chi connectivity index (χ1v) is 10.5. The molecule has 1 aliphatic rings. The van der Waals surface area contributed by atoms with Crippen LogP contribution in [-0.4, -0.2) is 56.4 Å². The van der Waals surface area contributed by atoms with Crippen molar-refractivity contribution in [2.45, 2.75) is 18.6 Å². The number of carbonyl (C=O) groups is 1. The maximum atomic E-state index is 12.7. The first-order chi connectivity index (χ1) is 12.9. The monoisotopic (exact) mass is 412 g/mol. The smallest absolute Gasteiger partial charge is 0.374 e. The summed E-state index contributed by atoms with van der Waals surface area (Å²) in [6.45, 7) is 4.35. The highest BCUT2D eigenvalue weighted by Crippen LogP contribution is 2.22. The molecule has 0 radical (unpaired) electrons. The lowest BCUT2D eigenvalue weighted by molar-refractivity contribution is 0.0483. The molecule has 0 atom stereocenters. The Hall–Kier alpha value is -1.87. The van der Waals surface area contributed by atoms with Crippen molar-refractivity contribution in [1.82, 2.24) is 9.21 Å². The SMILES string of the molecule is CCOC(=O)c1ccc(S(=O)(=O)N2CCN(Cc3ccccc3Cl)CC2)o1. The zero-order valence-corrected chi connectivity index (χ0v) is 16.5. The molecule has 2 aromatic rings. The van der Waals surface area contributed by atoms with Crippen molar-refractivity contribution in [3.63, 3.8) is 0 Å². The lowest BCUT2D eigenvalue weighted by Gasteiger charge is -2.33. The highest BCUT2D eigenvalue weighted by molar-refractivity contribution is 7.89. The highest BCUT2D eigenvalue weighted by atomic mass is 35.5. The fourth-order valence-electron chi connectivity index (χ4n) is 2.89. The van der Waals surface area contributed by atoms with Crippen LogP contribution in [-0.2, 0) is 21.3 Å². The molecular formula is C18H21ClN2O5S. The molecule has 27 heavy (non-hydrogen) atoms. The van der Waals surface area contributed by atoms with Crippen molar-refractivity contribution in [3.8, 4) is 0 Å². The topological polar surface area (TPSA) is 80.1 Å². The number of benzene rings is 1. The summed E-state index contributed by atoms with van der Waals surface area (Å²) in [5.74, 6) is -0.795. The van der Waals surface area contributed by atoms with Gasteiger partial charge in [0, 0.05) is 37.7 Å². The van der Waals surface area contributed by atoms with E-state index in [1.54, 1.807) is 6.92 Å². The van der Waals surface area contributed by atoms with Crippen LogP contribution in [0.15, 0.2) is 45.9 Å². The number of nitrogens with zero attached hydrogens (tertiary/aromatic N) is 2. The van der Waals surface area contributed by atoms with Crippen LogP contribution in [0.5, 0.6) is 0 Å². The minimum Gasteiger partial charge on any atom is -0.460 e. The van der Waals surface area contributed by atoms with Gasteiger partial charge in [-0.05, 0) is 30.7 Å². The van der Waals surface area contributed by atoms with E-state index < -0.39 is 16.0 Å². The Morgan fingerprint density at radius 2 is 1.85 bits per heavy atom. The molecule has 146 valence electrons. The van der Waals surface area contributed by atoms with Crippen molar-refractivity contribution < 1.29 is 22.4 Å². The molecule has 0 saturated carbocycles. The average molecular weight is 413 g/mol. The average Bonchev–Trinajstić information content (AvgIpc) is 3.15. The van der Waals surface area contributed by atoms with E-state index in [-0.39, 0.29) is 17.5 Å². The van der Waals surface area contributed by atoms with E-state index in [1.807, 2.05) is 24.3 Å². The molecule has 2 heterocycles. The van der Waals surface area contributed by atoms with E-state index in [2.05, 4.69) is 4.90 Å². The van der Waals surface area contributed by atoms with Gasteiger partial charge in [0.1, 0.15) is 0 Å². The Bertz CT molecular complexity index is 904. The molecule has 1 aromatic carbocycles. The summed E-state index contributed by atoms with van der Waals surface area (Å²) >= 11 is 6.19. The van der Waals surface area contributed by atoms with Gasteiger partial charge in [0.05, 0.1) is 6.61 Å². The van der Waals surface area contributed by atoms with Crippen molar-refractivity contribution >= 4 is 27.6 Å². The molecule has 0 spiro atoms. The van der Waals surface area contributed by atoms with Gasteiger partial charge in [0.15, 0.2) is 0 Å². The van der Waals surface area contributed by atoms with Gasteiger partial charge < -0.3 is 9.15 Å². The van der Waals surface area contributed by atoms with Crippen LogP contribution in [0.25, 0.3) is 0 Å². The normalized spacial score (nSPS) is 16.4. The minimum absolute atomic E-state index is 0.118. The van der Waals surface area contributed by atoms with Crippen LogP contribution < -0.4 is 0 Å². The maximum Gasteiger partial charge on any atom is 0.374 e. The van der Waals surface area contributed by atoms with E-state index in [4.69, 9.17) is 20.8 Å². The summed E-state index contributed by atoms with van der Waals surface area (Å²) in [7, 11) is -3.79. The first kappa shape index (κ1) is 19.9. The quantitative estimate of drug-likeness (QED) is 0.678. The minimum atomic E-state index is -3.79. The molecule has 1 aromatic heterocycles. The van der Waals surface area contributed by atoms with Crippen molar-refractivity contribution in [2.24, 2.45) is 0 Å². The van der Waals surface area contributed by atoms with Gasteiger partial charge >= 0.3 is 5.97 Å². The summed E-state index contributed by atoms with van der Waals surface area (Å²) in [5.41, 5.74) is 1.01. The zero-order valence-electron chi connectivity index (χ0n) is 14.9. The molecule has 0 aliphatic carbocycles. The van der Waals surface area contributed by atoms with E-state index in [0.717, 1.165) is 5.56 Å². The Kier molecular flexibility index (Phi) is 6.21. The molecule has 1 aliphatic heterocycles. The van der Waals surface area contributed by atoms with Gasteiger partial charge in [-0.3, -0.25) is 4.90 Å². The number of furan rings is 1. The summed E-state index contributed by atoms with van der Waals surface area (Å²) in [6, 6.07) is 10.2. The Labute approximate surface area is 163 Å². The fraction of sp³-hybridized carbons (Fsp3) is 0.389. The molecule has 1 fully saturated rings. The zero-order chi connectivity index (χ0) is 19.4. The fourth-order valence-corrected chi connectivity index (χ4v) is 4.42. The van der Waals surface area contributed by atoms with E-state index >= 15 is 0 Å². The molecule has 7 nitrogen and oxygen atoms in total. The van der Waals surface area contributed by atoms with Crippen LogP contribution in [0.3, 0.4) is 0 Å². The van der Waals surface area contributed by atoms with E-state index in [9.17, 15) is 13.2 Å². The van der Waals surface area contributed by atoms with Crippen LogP contribution in [0, 0.1) is 0 Å². The number of sulfonamides is 1. The second-order valence-electron chi connectivity index (χ2n) is 6.11. The predicted molar refractivity (Wildman–Crippen MR) is 100 cm³/mol. The number of ether oxygens (including phenoxy) is 1. The van der Waals surface area contributed by atoms with Gasteiger partial charge in [-0.2, -0.15) is 4.31 Å². The molecule has 3 rings (SSSR count). The number of hydrogen-bond acceptors (Lipinski definition) is 6. The van der Waals surface area contributed by atoms with Crippen LogP contribution in [0.2, 0.25) is 5.02 Å². The number of hydrogen-bond donors (Lipinski definition) is 0. The number of esters is 1. The van der Waals surface area contributed by atoms with Gasteiger partial charge in [-0.25, -0.2) is 13.2 Å². The van der Waals surface area contributed by atoms with E-state index in [1.165, 1.54) is 16.4 Å². The molecule has 0 unspecified atom stereocenters. The summed E-state index contributed by atoms with van der Waals surface area (Å²) in [5, 5.41) is 0.458. The molecule has 0 N–H and O–H groups in total. The maximum absolute atomic E-state index is 12.7. The molecule has 1 saturated heterocycles. The van der Waals surface area contributed by atoms with Crippen molar-refractivity contribution in [3.05, 3.63) is 52.7 Å². The molecule has 0 bridgehead atoms. The number of halogens is 1. The summed E-state index contributed by atoms with van der Waals surface area (Å²) in [4.78, 5) is 13.8. The van der Waals surface area contributed by atoms with Gasteiger partial charge in [-0.15, -0.1) is 0 Å². The Balaban J connectivity index is 1.63. The number of carbonyl (C=O) groups excluding carboxylic acids is 1. The van der Waals surface area contributed by atoms with Crippen molar-refractivity contribution in [1.29, 1.82) is 0 Å². The highest BCUT2D eigenvalue weighted by Gasteiger charge is 2.31. The molecule has 0 amide bonds. The predicted octanol–water partition coefficient (Wildman–Crippen LogP) is 2.62. The van der Waals surface area contributed by atoms with Gasteiger partial charge in [0.2, 0.25) is 10.9 Å². The van der Waals surface area contributed by atoms with Gasteiger partial charge in [-0.1, -0.05) is 29.8 Å². The third-order valence-electron chi connectivity index (χ3n) is 4.34. The Morgan fingerprint density at radius 1 is 1.15 bits per heavy atom. The number of rotatable bonds is 6. The third kappa shape index (κ3) is 4.52. The summed E-state index contributed by atoms with van der Waals surface area (Å²) in [6.07, 6.45) is 0. The van der Waals surface area contributed by atoms with E-state index in [0.29, 0.717) is 37.7 Å². The third-order valence-corrected chi connectivity index (χ3v) is 6.48. The van der Waals surface area contributed by atoms with Crippen LogP contribution in [0.1, 0.15) is 23.0 Å². The Morgan fingerprint density at radius 3 is 2.52 bits per heavy atom. The second kappa shape index (κ2) is 8.43. The van der Waals surface area contributed by atoms with Crippen LogP contribution in [0.4, 0.5) is 0 Å². The standard InChI is InChI=1S/C18H21ClN2O5S/c1-2-25-18(22)16-7-8-17(26-16)27(23,24)21-11-9-20(10-12-21)13-14-5-3-4-6-15(14)19/h3-8H,2,9-13H2,1H3. The number of piperazine rings is 1. The van der Waals surface area contributed by atoms with Crippen LogP contribution >= 0.6 is 11.6 Å². The van der Waals surface area contributed by atoms with Gasteiger partial charge in [0.25, 0.3) is 10.0 Å².